The van der Waals surface area contributed by atoms with Crippen molar-refractivity contribution >= 4 is 11.6 Å². The first kappa shape index (κ1) is 10.9. The van der Waals surface area contributed by atoms with Gasteiger partial charge in [0.25, 0.3) is 5.56 Å². The van der Waals surface area contributed by atoms with E-state index in [0.717, 1.165) is 0 Å². The molecule has 2 heterocycles. The highest BCUT2D eigenvalue weighted by Gasteiger charge is 2.16. The fraction of sp³-hybridized carbons (Fsp3) is 0.167. The Morgan fingerprint density at radius 2 is 2.11 bits per heavy atom. The number of benzene rings is 1. The van der Waals surface area contributed by atoms with E-state index in [-0.39, 0.29) is 17.2 Å². The molecule has 1 aliphatic heterocycles. The van der Waals surface area contributed by atoms with E-state index in [4.69, 9.17) is 0 Å². The third kappa shape index (κ3) is 1.86. The summed E-state index contributed by atoms with van der Waals surface area (Å²) in [5.41, 5.74) is 1.45. The monoisotopic (exact) mass is 246 g/mol. The minimum absolute atomic E-state index is 0.191. The van der Waals surface area contributed by atoms with Crippen molar-refractivity contribution in [2.75, 3.05) is 5.32 Å². The lowest BCUT2D eigenvalue weighted by molar-refractivity contribution is 0.631. The lowest BCUT2D eigenvalue weighted by atomic mass is 10.3. The van der Waals surface area contributed by atoms with Crippen LogP contribution >= 0.6 is 0 Å². The number of H-pyrrole nitrogens is 1. The number of hydrogen-bond acceptors (Lipinski definition) is 4. The number of rotatable bonds is 2. The molecule has 2 aromatic rings. The zero-order chi connectivity index (χ0) is 12.5. The lowest BCUT2D eigenvalue weighted by Gasteiger charge is -2.07. The number of nitrogens with zero attached hydrogens (tertiary/aromatic N) is 1. The van der Waals surface area contributed by atoms with Gasteiger partial charge in [0.05, 0.1) is 16.9 Å². The molecule has 0 saturated carbocycles. The van der Waals surface area contributed by atoms with Gasteiger partial charge in [0.1, 0.15) is 5.82 Å². The second kappa shape index (κ2) is 4.23. The van der Waals surface area contributed by atoms with Crippen LogP contribution in [0.3, 0.4) is 0 Å². The van der Waals surface area contributed by atoms with Gasteiger partial charge in [-0.15, -0.1) is 0 Å². The molecule has 0 atom stereocenters. The molecule has 1 aromatic heterocycles. The van der Waals surface area contributed by atoms with Crippen LogP contribution in [-0.2, 0) is 13.1 Å². The van der Waals surface area contributed by atoms with E-state index in [1.165, 1.54) is 6.07 Å². The molecule has 0 fully saturated rings. The molecular formula is C12H11FN4O. The number of aromatic nitrogens is 2. The predicted octanol–water partition coefficient (Wildman–Crippen LogP) is 1.26. The van der Waals surface area contributed by atoms with Crippen molar-refractivity contribution in [1.82, 2.24) is 15.3 Å². The van der Waals surface area contributed by atoms with E-state index in [1.807, 2.05) is 0 Å². The summed E-state index contributed by atoms with van der Waals surface area (Å²) in [6.07, 6.45) is 0. The van der Waals surface area contributed by atoms with Crippen LogP contribution in [0.1, 0.15) is 11.3 Å². The van der Waals surface area contributed by atoms with E-state index < -0.39 is 5.82 Å². The zero-order valence-electron chi connectivity index (χ0n) is 9.46. The standard InChI is InChI=1S/C12H11FN4O/c13-8-3-1-2-4-9(8)15-12-16-10-6-14-5-7(10)11(18)17-12/h1-4,14H,5-6H2,(H2,15,16,17,18). The number of anilines is 2. The summed E-state index contributed by atoms with van der Waals surface area (Å²) in [4.78, 5) is 18.6. The topological polar surface area (TPSA) is 69.8 Å². The number of halogens is 1. The van der Waals surface area contributed by atoms with Gasteiger partial charge in [-0.3, -0.25) is 9.78 Å². The van der Waals surface area contributed by atoms with Gasteiger partial charge in [0.2, 0.25) is 5.95 Å². The van der Waals surface area contributed by atoms with Gasteiger partial charge in [-0.2, -0.15) is 0 Å². The first-order valence-corrected chi connectivity index (χ1v) is 5.58. The second-order valence-electron chi connectivity index (χ2n) is 4.05. The van der Waals surface area contributed by atoms with E-state index in [2.05, 4.69) is 20.6 Å². The Kier molecular flexibility index (Phi) is 2.56. The average molecular weight is 246 g/mol. The van der Waals surface area contributed by atoms with Crippen molar-refractivity contribution < 1.29 is 4.39 Å². The largest absolute Gasteiger partial charge is 0.323 e. The number of hydrogen-bond donors (Lipinski definition) is 3. The van der Waals surface area contributed by atoms with Gasteiger partial charge in [0, 0.05) is 13.1 Å². The Morgan fingerprint density at radius 3 is 2.94 bits per heavy atom. The summed E-state index contributed by atoms with van der Waals surface area (Å²) in [6, 6.07) is 6.23. The minimum atomic E-state index is -0.390. The first-order valence-electron chi connectivity index (χ1n) is 5.58. The van der Waals surface area contributed by atoms with Gasteiger partial charge in [-0.1, -0.05) is 12.1 Å². The van der Waals surface area contributed by atoms with E-state index >= 15 is 0 Å². The molecule has 0 saturated heterocycles. The molecule has 1 aliphatic rings. The first-order chi connectivity index (χ1) is 8.74. The average Bonchev–Trinajstić information content (AvgIpc) is 2.81. The smallest absolute Gasteiger partial charge is 0.257 e. The summed E-state index contributed by atoms with van der Waals surface area (Å²) in [7, 11) is 0. The molecule has 3 N–H and O–H groups in total. The van der Waals surface area contributed by atoms with Gasteiger partial charge in [0.15, 0.2) is 0 Å². The second-order valence-corrected chi connectivity index (χ2v) is 4.05. The third-order valence-corrected chi connectivity index (χ3v) is 2.82. The van der Waals surface area contributed by atoms with Crippen LogP contribution in [0.15, 0.2) is 29.1 Å². The normalized spacial score (nSPS) is 13.4. The van der Waals surface area contributed by atoms with Crippen LogP contribution < -0.4 is 16.2 Å². The molecule has 0 spiro atoms. The van der Waals surface area contributed by atoms with Gasteiger partial charge in [-0.25, -0.2) is 9.37 Å². The van der Waals surface area contributed by atoms with Gasteiger partial charge in [-0.05, 0) is 12.1 Å². The van der Waals surface area contributed by atoms with Crippen LogP contribution in [0.5, 0.6) is 0 Å². The Balaban J connectivity index is 1.97. The van der Waals surface area contributed by atoms with Crippen LogP contribution in [0.4, 0.5) is 16.0 Å². The lowest BCUT2D eigenvalue weighted by Crippen LogP contribution is -2.16. The molecule has 0 radical (unpaired) electrons. The summed E-state index contributed by atoms with van der Waals surface area (Å²) < 4.78 is 13.5. The Morgan fingerprint density at radius 1 is 1.28 bits per heavy atom. The van der Waals surface area contributed by atoms with E-state index in [9.17, 15) is 9.18 Å². The van der Waals surface area contributed by atoms with Crippen molar-refractivity contribution in [3.8, 4) is 0 Å². The fourth-order valence-electron chi connectivity index (χ4n) is 1.93. The predicted molar refractivity (Wildman–Crippen MR) is 65.1 cm³/mol. The molecule has 18 heavy (non-hydrogen) atoms. The van der Waals surface area contributed by atoms with Crippen molar-refractivity contribution in [2.24, 2.45) is 0 Å². The molecule has 1 aromatic carbocycles. The molecule has 6 heteroatoms. The Bertz CT molecular complexity index is 653. The molecule has 0 aliphatic carbocycles. The van der Waals surface area contributed by atoms with E-state index in [0.29, 0.717) is 24.3 Å². The van der Waals surface area contributed by atoms with Crippen molar-refractivity contribution in [2.45, 2.75) is 13.1 Å². The molecule has 0 amide bonds. The highest BCUT2D eigenvalue weighted by atomic mass is 19.1. The van der Waals surface area contributed by atoms with Crippen molar-refractivity contribution in [3.05, 3.63) is 51.7 Å². The molecule has 3 rings (SSSR count). The quantitative estimate of drug-likeness (QED) is 0.746. The summed E-state index contributed by atoms with van der Waals surface area (Å²) in [5.74, 6) is -0.133. The summed E-state index contributed by atoms with van der Waals surface area (Å²) in [5, 5.41) is 5.82. The highest BCUT2D eigenvalue weighted by molar-refractivity contribution is 5.54. The number of aromatic amines is 1. The SMILES string of the molecule is O=c1[nH]c(Nc2ccccc2F)nc2c1CNC2. The third-order valence-electron chi connectivity index (χ3n) is 2.82. The van der Waals surface area contributed by atoms with E-state index in [1.54, 1.807) is 18.2 Å². The minimum Gasteiger partial charge on any atom is -0.323 e. The maximum atomic E-state index is 13.5. The maximum absolute atomic E-state index is 13.5. The van der Waals surface area contributed by atoms with Gasteiger partial charge < -0.3 is 10.6 Å². The summed E-state index contributed by atoms with van der Waals surface area (Å²) >= 11 is 0. The molecule has 0 bridgehead atoms. The fourth-order valence-corrected chi connectivity index (χ4v) is 1.93. The number of para-hydroxylation sites is 1. The number of fused-ring (bicyclic) bond motifs is 1. The maximum Gasteiger partial charge on any atom is 0.257 e. The zero-order valence-corrected chi connectivity index (χ0v) is 9.46. The molecule has 92 valence electrons. The van der Waals surface area contributed by atoms with Crippen LogP contribution in [0.25, 0.3) is 0 Å². The van der Waals surface area contributed by atoms with Crippen molar-refractivity contribution in [3.63, 3.8) is 0 Å². The number of nitrogens with one attached hydrogen (secondary N) is 3. The highest BCUT2D eigenvalue weighted by Crippen LogP contribution is 2.17. The Hall–Kier alpha value is -2.21. The Labute approximate surface area is 102 Å². The van der Waals surface area contributed by atoms with Crippen LogP contribution in [0, 0.1) is 5.82 Å². The molecule has 0 unspecified atom stereocenters. The van der Waals surface area contributed by atoms with Crippen molar-refractivity contribution in [1.29, 1.82) is 0 Å². The van der Waals surface area contributed by atoms with Crippen LogP contribution in [-0.4, -0.2) is 9.97 Å². The van der Waals surface area contributed by atoms with Gasteiger partial charge >= 0.3 is 0 Å². The molecular weight excluding hydrogens is 235 g/mol. The summed E-state index contributed by atoms with van der Waals surface area (Å²) in [6.45, 7) is 1.09. The molecule has 5 nitrogen and oxygen atoms in total. The van der Waals surface area contributed by atoms with Crippen LogP contribution in [0.2, 0.25) is 0 Å².